The minimum atomic E-state index is -0.0950. The first-order valence-electron chi connectivity index (χ1n) is 10.2. The van der Waals surface area contributed by atoms with Crippen LogP contribution in [0.2, 0.25) is 5.15 Å². The van der Waals surface area contributed by atoms with Gasteiger partial charge in [-0.15, -0.1) is 0 Å². The van der Waals surface area contributed by atoms with Gasteiger partial charge in [-0.05, 0) is 63.0 Å². The van der Waals surface area contributed by atoms with Crippen molar-refractivity contribution in [3.05, 3.63) is 64.9 Å². The molecule has 1 aromatic carbocycles. The Morgan fingerprint density at radius 2 is 1.79 bits per heavy atom. The van der Waals surface area contributed by atoms with Crippen molar-refractivity contribution in [1.29, 1.82) is 0 Å². The first-order valence-corrected chi connectivity index (χ1v) is 10.6. The highest BCUT2D eigenvalue weighted by Gasteiger charge is 2.53. The van der Waals surface area contributed by atoms with Crippen molar-refractivity contribution in [2.45, 2.75) is 43.3 Å². The minimum Gasteiger partial charge on any atom is -0.320 e. The van der Waals surface area contributed by atoms with Crippen LogP contribution in [0.25, 0.3) is 0 Å². The number of urea groups is 1. The first-order chi connectivity index (χ1) is 13.9. The number of carbonyl (C=O) groups is 1. The standard InChI is InChI=1S/C23H29ClN4O/c1-26(2)23(19-7-5-4-6-8-19)12-10-22(11-13-23)17-28(21(29)27(22)3)16-18-9-14-25-20(24)15-18/h4-9,14-15H,10-13,16-17H2,1-3H3. The number of hydrogen-bond donors (Lipinski definition) is 0. The van der Waals surface area contributed by atoms with Crippen molar-refractivity contribution >= 4 is 17.6 Å². The summed E-state index contributed by atoms with van der Waals surface area (Å²) in [6.45, 7) is 1.34. The van der Waals surface area contributed by atoms with Gasteiger partial charge in [0.25, 0.3) is 0 Å². The zero-order valence-corrected chi connectivity index (χ0v) is 18.2. The van der Waals surface area contributed by atoms with E-state index in [0.717, 1.165) is 37.8 Å². The maximum atomic E-state index is 13.0. The van der Waals surface area contributed by atoms with Crippen molar-refractivity contribution in [3.63, 3.8) is 0 Å². The van der Waals surface area contributed by atoms with Crippen LogP contribution in [0.1, 0.15) is 36.8 Å². The van der Waals surface area contributed by atoms with Crippen molar-refractivity contribution in [1.82, 2.24) is 19.7 Å². The Hall–Kier alpha value is -2.11. The zero-order chi connectivity index (χ0) is 20.6. The van der Waals surface area contributed by atoms with E-state index in [1.165, 1.54) is 5.56 Å². The van der Waals surface area contributed by atoms with Crippen LogP contribution < -0.4 is 0 Å². The van der Waals surface area contributed by atoms with Gasteiger partial charge in [0, 0.05) is 31.9 Å². The summed E-state index contributed by atoms with van der Waals surface area (Å²) in [5.41, 5.74) is 2.33. The van der Waals surface area contributed by atoms with Crippen molar-refractivity contribution < 1.29 is 4.79 Å². The highest BCUT2D eigenvalue weighted by Crippen LogP contribution is 2.48. The molecule has 1 saturated carbocycles. The first kappa shape index (κ1) is 20.2. The molecule has 1 spiro atoms. The second-order valence-electron chi connectivity index (χ2n) is 8.70. The third-order valence-electron chi connectivity index (χ3n) is 7.09. The van der Waals surface area contributed by atoms with Gasteiger partial charge in [0.15, 0.2) is 0 Å². The van der Waals surface area contributed by atoms with Gasteiger partial charge in [-0.3, -0.25) is 4.90 Å². The topological polar surface area (TPSA) is 39.7 Å². The Morgan fingerprint density at radius 3 is 2.41 bits per heavy atom. The Morgan fingerprint density at radius 1 is 1.10 bits per heavy atom. The molecular weight excluding hydrogens is 384 g/mol. The monoisotopic (exact) mass is 412 g/mol. The van der Waals surface area contributed by atoms with Crippen LogP contribution in [-0.2, 0) is 12.1 Å². The summed E-state index contributed by atoms with van der Waals surface area (Å²) >= 11 is 6.03. The average Bonchev–Trinajstić information content (AvgIpc) is 2.94. The van der Waals surface area contributed by atoms with E-state index in [4.69, 9.17) is 11.6 Å². The predicted octanol–water partition coefficient (Wildman–Crippen LogP) is 4.37. The van der Waals surface area contributed by atoms with Crippen LogP contribution in [0.5, 0.6) is 0 Å². The normalized spacial score (nSPS) is 27.3. The Labute approximate surface area is 178 Å². The third kappa shape index (κ3) is 3.51. The molecule has 6 heteroatoms. The molecule has 2 aliphatic rings. The molecule has 5 nitrogen and oxygen atoms in total. The molecule has 1 saturated heterocycles. The fourth-order valence-corrected chi connectivity index (χ4v) is 5.39. The molecule has 0 radical (unpaired) electrons. The van der Waals surface area contributed by atoms with E-state index in [1.54, 1.807) is 6.20 Å². The van der Waals surface area contributed by atoms with E-state index in [0.29, 0.717) is 11.7 Å². The lowest BCUT2D eigenvalue weighted by Gasteiger charge is -2.50. The third-order valence-corrected chi connectivity index (χ3v) is 7.30. The summed E-state index contributed by atoms with van der Waals surface area (Å²) in [6.07, 6.45) is 5.77. The second-order valence-corrected chi connectivity index (χ2v) is 9.09. The fourth-order valence-electron chi connectivity index (χ4n) is 5.19. The molecule has 2 heterocycles. The number of pyridine rings is 1. The number of nitrogens with zero attached hydrogens (tertiary/aromatic N) is 4. The van der Waals surface area contributed by atoms with E-state index >= 15 is 0 Å². The van der Waals surface area contributed by atoms with Crippen LogP contribution in [-0.4, -0.2) is 58.9 Å². The maximum Gasteiger partial charge on any atom is 0.320 e. The zero-order valence-electron chi connectivity index (χ0n) is 17.4. The molecule has 0 atom stereocenters. The number of rotatable bonds is 4. The molecule has 1 aromatic heterocycles. The summed E-state index contributed by atoms with van der Waals surface area (Å²) in [5.74, 6) is 0. The smallest absolute Gasteiger partial charge is 0.320 e. The number of carbonyl (C=O) groups excluding carboxylic acids is 1. The quantitative estimate of drug-likeness (QED) is 0.700. The number of aromatic nitrogens is 1. The summed E-state index contributed by atoms with van der Waals surface area (Å²) in [5, 5.41) is 0.466. The number of benzene rings is 1. The van der Waals surface area contributed by atoms with Gasteiger partial charge in [-0.2, -0.15) is 0 Å². The summed E-state index contributed by atoms with van der Waals surface area (Å²) in [6, 6.07) is 14.7. The van der Waals surface area contributed by atoms with Gasteiger partial charge in [0.05, 0.1) is 5.54 Å². The van der Waals surface area contributed by atoms with Crippen molar-refractivity contribution in [3.8, 4) is 0 Å². The van der Waals surface area contributed by atoms with Crippen LogP contribution in [0, 0.1) is 0 Å². The molecule has 2 aromatic rings. The van der Waals surface area contributed by atoms with Gasteiger partial charge in [0.1, 0.15) is 5.15 Å². The van der Waals surface area contributed by atoms with Gasteiger partial charge in [-0.25, -0.2) is 9.78 Å². The molecule has 29 heavy (non-hydrogen) atoms. The van der Waals surface area contributed by atoms with E-state index < -0.39 is 0 Å². The van der Waals surface area contributed by atoms with Crippen LogP contribution >= 0.6 is 11.6 Å². The van der Waals surface area contributed by atoms with Gasteiger partial charge < -0.3 is 9.80 Å². The molecule has 0 N–H and O–H groups in total. The van der Waals surface area contributed by atoms with E-state index in [-0.39, 0.29) is 17.1 Å². The average molecular weight is 413 g/mol. The van der Waals surface area contributed by atoms with E-state index in [2.05, 4.69) is 54.3 Å². The van der Waals surface area contributed by atoms with Crippen molar-refractivity contribution in [2.75, 3.05) is 27.7 Å². The molecule has 0 unspecified atom stereocenters. The molecular formula is C23H29ClN4O. The Bertz CT molecular complexity index is 877. The summed E-state index contributed by atoms with van der Waals surface area (Å²) < 4.78 is 0. The maximum absolute atomic E-state index is 13.0. The molecule has 4 rings (SSSR count). The lowest BCUT2D eigenvalue weighted by atomic mass is 9.68. The minimum absolute atomic E-state index is 0.0302. The molecule has 1 aliphatic carbocycles. The molecule has 1 aliphatic heterocycles. The molecule has 154 valence electrons. The number of likely N-dealkylation sites (N-methyl/N-ethyl adjacent to an activating group) is 1. The fraction of sp³-hybridized carbons (Fsp3) is 0.478. The van der Waals surface area contributed by atoms with Gasteiger partial charge in [-0.1, -0.05) is 41.9 Å². The second kappa shape index (κ2) is 7.62. The van der Waals surface area contributed by atoms with Crippen molar-refractivity contribution in [2.24, 2.45) is 0 Å². The highest BCUT2D eigenvalue weighted by molar-refractivity contribution is 6.29. The largest absolute Gasteiger partial charge is 0.320 e. The highest BCUT2D eigenvalue weighted by atomic mass is 35.5. The SMILES string of the molecule is CN1C(=O)N(Cc2ccnc(Cl)c2)CC12CCC(c1ccccc1)(N(C)C)CC2. The summed E-state index contributed by atoms with van der Waals surface area (Å²) in [4.78, 5) is 23.4. The van der Waals surface area contributed by atoms with E-state index in [9.17, 15) is 4.79 Å². The van der Waals surface area contributed by atoms with Crippen LogP contribution in [0.15, 0.2) is 48.7 Å². The Kier molecular flexibility index (Phi) is 5.30. The number of hydrogen-bond acceptors (Lipinski definition) is 3. The van der Waals surface area contributed by atoms with E-state index in [1.807, 2.05) is 29.0 Å². The molecule has 2 fully saturated rings. The lowest BCUT2D eigenvalue weighted by molar-refractivity contribution is 0.0319. The molecule has 2 amide bonds. The van der Waals surface area contributed by atoms with Gasteiger partial charge in [0.2, 0.25) is 0 Å². The lowest BCUT2D eigenvalue weighted by Crippen LogP contribution is -2.54. The molecule has 0 bridgehead atoms. The van der Waals surface area contributed by atoms with Crippen LogP contribution in [0.3, 0.4) is 0 Å². The van der Waals surface area contributed by atoms with Crippen LogP contribution in [0.4, 0.5) is 4.79 Å². The number of halogens is 1. The summed E-state index contributed by atoms with van der Waals surface area (Å²) in [7, 11) is 6.31. The van der Waals surface area contributed by atoms with Gasteiger partial charge >= 0.3 is 6.03 Å². The predicted molar refractivity (Wildman–Crippen MR) is 116 cm³/mol. The Balaban J connectivity index is 1.53. The number of amides is 2.